The van der Waals surface area contributed by atoms with Gasteiger partial charge >= 0.3 is 5.97 Å². The van der Waals surface area contributed by atoms with E-state index in [0.29, 0.717) is 28.8 Å². The van der Waals surface area contributed by atoms with Crippen molar-refractivity contribution in [1.29, 1.82) is 0 Å². The molecule has 1 aromatic rings. The summed E-state index contributed by atoms with van der Waals surface area (Å²) in [6.45, 7) is 2.06. The van der Waals surface area contributed by atoms with Crippen molar-refractivity contribution in [2.24, 2.45) is 0 Å². The van der Waals surface area contributed by atoms with Gasteiger partial charge in [0.15, 0.2) is 0 Å². The van der Waals surface area contributed by atoms with Crippen molar-refractivity contribution < 1.29 is 14.3 Å². The van der Waals surface area contributed by atoms with Gasteiger partial charge in [0.2, 0.25) is 0 Å². The van der Waals surface area contributed by atoms with Crippen molar-refractivity contribution in [2.75, 3.05) is 11.9 Å². The second-order valence-electron chi connectivity index (χ2n) is 3.42. The third kappa shape index (κ3) is 4.16. The number of Topliss-reactive ketones (excluding diaryl/α,β-unsaturated/α-hetero) is 1. The number of rotatable bonds is 5. The Hall–Kier alpha value is -0.810. The molecular weight excluding hydrogens is 304 g/mol. The fourth-order valence-corrected chi connectivity index (χ4v) is 1.77. The van der Waals surface area contributed by atoms with E-state index in [2.05, 4.69) is 28.6 Å². The second-order valence-corrected chi connectivity index (χ2v) is 4.46. The highest BCUT2D eigenvalue weighted by Gasteiger charge is 2.12. The quantitative estimate of drug-likeness (QED) is 0.516. The molecule has 0 radical (unpaired) electrons. The summed E-state index contributed by atoms with van der Waals surface area (Å²) in [4.78, 5) is 23.5. The first-order valence-corrected chi connectivity index (χ1v) is 6.72. The highest BCUT2D eigenvalue weighted by atomic mass is 79.9. The predicted octanol–water partition coefficient (Wildman–Crippen LogP) is 2.66. The standard InChI is InChI=1S/C12H13BrO3S/c1-2-16-12(15)10-6-8(3-4-11(10)17)5-9(14)7-13/h3-4,6,17H,2,5,7H2,1H3. The summed E-state index contributed by atoms with van der Waals surface area (Å²) in [7, 11) is 0. The zero-order valence-electron chi connectivity index (χ0n) is 9.40. The SMILES string of the molecule is CCOC(=O)c1cc(CC(=O)CBr)ccc1S. The number of esters is 1. The minimum absolute atomic E-state index is 0.0618. The summed E-state index contributed by atoms with van der Waals surface area (Å²) in [5.41, 5.74) is 1.19. The first-order chi connectivity index (χ1) is 8.08. The van der Waals surface area contributed by atoms with E-state index in [9.17, 15) is 9.59 Å². The summed E-state index contributed by atoms with van der Waals surface area (Å²) < 4.78 is 4.91. The molecule has 1 aromatic carbocycles. The van der Waals surface area contributed by atoms with Gasteiger partial charge in [0.25, 0.3) is 0 Å². The van der Waals surface area contributed by atoms with Gasteiger partial charge in [-0.3, -0.25) is 4.79 Å². The molecule has 0 N–H and O–H groups in total. The predicted molar refractivity (Wildman–Crippen MR) is 72.2 cm³/mol. The summed E-state index contributed by atoms with van der Waals surface area (Å²) in [6.07, 6.45) is 0.297. The Morgan fingerprint density at radius 2 is 2.12 bits per heavy atom. The van der Waals surface area contributed by atoms with E-state index in [1.54, 1.807) is 25.1 Å². The largest absolute Gasteiger partial charge is 0.462 e. The molecule has 3 nitrogen and oxygen atoms in total. The third-order valence-electron chi connectivity index (χ3n) is 2.11. The van der Waals surface area contributed by atoms with Crippen LogP contribution in [-0.4, -0.2) is 23.7 Å². The number of carbonyl (C=O) groups is 2. The van der Waals surface area contributed by atoms with Gasteiger partial charge < -0.3 is 4.74 Å². The lowest BCUT2D eigenvalue weighted by Gasteiger charge is -2.07. The molecule has 0 bridgehead atoms. The van der Waals surface area contributed by atoms with Crippen LogP contribution in [0.2, 0.25) is 0 Å². The van der Waals surface area contributed by atoms with Gasteiger partial charge in [-0.1, -0.05) is 22.0 Å². The number of hydrogen-bond acceptors (Lipinski definition) is 4. The van der Waals surface area contributed by atoms with Crippen LogP contribution in [0.25, 0.3) is 0 Å². The molecule has 0 amide bonds. The van der Waals surface area contributed by atoms with Gasteiger partial charge in [-0.05, 0) is 24.6 Å². The highest BCUT2D eigenvalue weighted by Crippen LogP contribution is 2.17. The number of carbonyl (C=O) groups excluding carboxylic acids is 2. The third-order valence-corrected chi connectivity index (χ3v) is 3.12. The molecule has 0 aliphatic carbocycles. The maximum absolute atomic E-state index is 11.6. The molecule has 17 heavy (non-hydrogen) atoms. The molecule has 0 unspecified atom stereocenters. The zero-order chi connectivity index (χ0) is 12.8. The minimum Gasteiger partial charge on any atom is -0.462 e. The fourth-order valence-electron chi connectivity index (χ4n) is 1.34. The number of halogens is 1. The van der Waals surface area contributed by atoms with Crippen LogP contribution in [-0.2, 0) is 16.0 Å². The lowest BCUT2D eigenvalue weighted by Crippen LogP contribution is -2.08. The molecule has 1 rings (SSSR count). The van der Waals surface area contributed by atoms with Gasteiger partial charge in [-0.15, -0.1) is 12.6 Å². The molecular formula is C12H13BrO3S. The van der Waals surface area contributed by atoms with Crippen LogP contribution < -0.4 is 0 Å². The first-order valence-electron chi connectivity index (χ1n) is 5.15. The van der Waals surface area contributed by atoms with E-state index in [1.165, 1.54) is 0 Å². The number of thiol groups is 1. The zero-order valence-corrected chi connectivity index (χ0v) is 11.9. The Morgan fingerprint density at radius 1 is 1.41 bits per heavy atom. The van der Waals surface area contributed by atoms with Crippen molar-refractivity contribution in [2.45, 2.75) is 18.2 Å². The Morgan fingerprint density at radius 3 is 2.71 bits per heavy atom. The first kappa shape index (κ1) is 14.3. The van der Waals surface area contributed by atoms with Crippen LogP contribution in [0.15, 0.2) is 23.1 Å². The van der Waals surface area contributed by atoms with Gasteiger partial charge in [0.1, 0.15) is 5.78 Å². The molecule has 0 atom stereocenters. The maximum Gasteiger partial charge on any atom is 0.339 e. The molecule has 92 valence electrons. The monoisotopic (exact) mass is 316 g/mol. The molecule has 0 saturated heterocycles. The molecule has 0 aliphatic rings. The molecule has 0 fully saturated rings. The van der Waals surface area contributed by atoms with Crippen LogP contribution >= 0.6 is 28.6 Å². The van der Waals surface area contributed by atoms with Gasteiger partial charge in [-0.2, -0.15) is 0 Å². The van der Waals surface area contributed by atoms with E-state index in [4.69, 9.17) is 4.74 Å². The van der Waals surface area contributed by atoms with E-state index in [1.807, 2.05) is 0 Å². The Labute approximate surface area is 114 Å². The highest BCUT2D eigenvalue weighted by molar-refractivity contribution is 9.09. The van der Waals surface area contributed by atoms with E-state index in [-0.39, 0.29) is 5.78 Å². The number of ether oxygens (including phenoxy) is 1. The van der Waals surface area contributed by atoms with Crippen LogP contribution in [0, 0.1) is 0 Å². The maximum atomic E-state index is 11.6. The topological polar surface area (TPSA) is 43.4 Å². The average molecular weight is 317 g/mol. The van der Waals surface area contributed by atoms with E-state index >= 15 is 0 Å². The normalized spacial score (nSPS) is 10.1. The van der Waals surface area contributed by atoms with Gasteiger partial charge in [0, 0.05) is 11.3 Å². The van der Waals surface area contributed by atoms with Crippen LogP contribution in [0.4, 0.5) is 0 Å². The number of hydrogen-bond donors (Lipinski definition) is 1. The van der Waals surface area contributed by atoms with E-state index in [0.717, 1.165) is 5.56 Å². The molecule has 0 saturated carbocycles. The summed E-state index contributed by atoms with van der Waals surface area (Å²) in [6, 6.07) is 5.14. The van der Waals surface area contributed by atoms with Crippen LogP contribution in [0.5, 0.6) is 0 Å². The van der Waals surface area contributed by atoms with Crippen LogP contribution in [0.1, 0.15) is 22.8 Å². The smallest absolute Gasteiger partial charge is 0.339 e. The Kier molecular flexibility index (Phi) is 5.71. The molecule has 0 aromatic heterocycles. The lowest BCUT2D eigenvalue weighted by molar-refractivity contribution is -0.115. The molecule has 0 heterocycles. The lowest BCUT2D eigenvalue weighted by atomic mass is 10.1. The summed E-state index contributed by atoms with van der Waals surface area (Å²) in [5.74, 6) is -0.350. The minimum atomic E-state index is -0.411. The second kappa shape index (κ2) is 6.81. The number of ketones is 1. The summed E-state index contributed by atoms with van der Waals surface area (Å²) >= 11 is 7.30. The van der Waals surface area contributed by atoms with Crippen molar-refractivity contribution in [3.8, 4) is 0 Å². The van der Waals surface area contributed by atoms with Gasteiger partial charge in [0.05, 0.1) is 17.5 Å². The van der Waals surface area contributed by atoms with Crippen molar-refractivity contribution in [1.82, 2.24) is 0 Å². The summed E-state index contributed by atoms with van der Waals surface area (Å²) in [5, 5.41) is 0.310. The van der Waals surface area contributed by atoms with Crippen molar-refractivity contribution in [3.05, 3.63) is 29.3 Å². The molecule has 0 spiro atoms. The van der Waals surface area contributed by atoms with Gasteiger partial charge in [-0.25, -0.2) is 4.79 Å². The fraction of sp³-hybridized carbons (Fsp3) is 0.333. The van der Waals surface area contributed by atoms with Crippen molar-refractivity contribution in [3.63, 3.8) is 0 Å². The Balaban J connectivity index is 2.94. The van der Waals surface area contributed by atoms with E-state index < -0.39 is 5.97 Å². The number of alkyl halides is 1. The van der Waals surface area contributed by atoms with Crippen molar-refractivity contribution >= 4 is 40.3 Å². The molecule has 5 heteroatoms. The number of benzene rings is 1. The molecule has 0 aliphatic heterocycles. The van der Waals surface area contributed by atoms with Crippen LogP contribution in [0.3, 0.4) is 0 Å². The average Bonchev–Trinajstić information content (AvgIpc) is 2.31. The Bertz CT molecular complexity index is 432.